The number of hydrogen-bond donors (Lipinski definition) is 1. The van der Waals surface area contributed by atoms with Crippen molar-refractivity contribution in [2.75, 3.05) is 11.9 Å². The Hall–Kier alpha value is -0.760. The van der Waals surface area contributed by atoms with Crippen LogP contribution in [0.5, 0.6) is 0 Å². The highest BCUT2D eigenvalue weighted by Crippen LogP contribution is 2.22. The molecule has 0 spiro atoms. The number of hydrogen-bond acceptors (Lipinski definition) is 1. The van der Waals surface area contributed by atoms with Crippen LogP contribution in [0.25, 0.3) is 0 Å². The first-order valence-electron chi connectivity index (χ1n) is 5.28. The molecule has 0 radical (unpaired) electrons. The van der Waals surface area contributed by atoms with Crippen LogP contribution in [-0.4, -0.2) is 6.54 Å². The van der Waals surface area contributed by atoms with E-state index >= 15 is 0 Å². The average Bonchev–Trinajstić information content (AvgIpc) is 2.14. The number of halogens is 2. The number of rotatable bonds is 5. The molecular formula is C12H17ClFN. The molecular weight excluding hydrogens is 213 g/mol. The van der Waals surface area contributed by atoms with Gasteiger partial charge in [-0.15, -0.1) is 0 Å². The first-order chi connectivity index (χ1) is 7.09. The van der Waals surface area contributed by atoms with E-state index < -0.39 is 0 Å². The minimum absolute atomic E-state index is 0.298. The van der Waals surface area contributed by atoms with Crippen LogP contribution in [0.2, 0.25) is 5.02 Å². The van der Waals surface area contributed by atoms with Gasteiger partial charge in [0.25, 0.3) is 0 Å². The standard InChI is InChI=1S/C12H17ClFN/c1-9(2)4-3-7-15-12-6-5-10(14)8-11(12)13/h5-6,8-9,15H,3-4,7H2,1-2H3. The van der Waals surface area contributed by atoms with Crippen LogP contribution in [0.1, 0.15) is 26.7 Å². The molecule has 84 valence electrons. The van der Waals surface area contributed by atoms with Gasteiger partial charge in [0, 0.05) is 6.54 Å². The fourth-order valence-corrected chi connectivity index (χ4v) is 1.60. The topological polar surface area (TPSA) is 12.0 Å². The van der Waals surface area contributed by atoms with E-state index in [4.69, 9.17) is 11.6 Å². The van der Waals surface area contributed by atoms with Crippen molar-refractivity contribution < 1.29 is 4.39 Å². The molecule has 1 N–H and O–H groups in total. The van der Waals surface area contributed by atoms with Crippen molar-refractivity contribution in [2.45, 2.75) is 26.7 Å². The Bertz CT molecular complexity index is 312. The molecule has 1 nitrogen and oxygen atoms in total. The summed E-state index contributed by atoms with van der Waals surface area (Å²) in [6, 6.07) is 4.41. The van der Waals surface area contributed by atoms with E-state index in [1.807, 2.05) is 0 Å². The van der Waals surface area contributed by atoms with E-state index in [-0.39, 0.29) is 5.82 Å². The maximum absolute atomic E-state index is 12.7. The molecule has 0 aromatic heterocycles. The third-order valence-electron chi connectivity index (χ3n) is 2.20. The Labute approximate surface area is 95.6 Å². The second-order valence-corrected chi connectivity index (χ2v) is 4.49. The molecule has 0 amide bonds. The van der Waals surface area contributed by atoms with Crippen LogP contribution >= 0.6 is 11.6 Å². The summed E-state index contributed by atoms with van der Waals surface area (Å²) < 4.78 is 12.7. The van der Waals surface area contributed by atoms with Crippen LogP contribution < -0.4 is 5.32 Å². The summed E-state index contributed by atoms with van der Waals surface area (Å²) in [5.41, 5.74) is 0.807. The molecule has 1 aromatic rings. The zero-order valence-corrected chi connectivity index (χ0v) is 9.94. The van der Waals surface area contributed by atoms with Gasteiger partial charge in [-0.1, -0.05) is 25.4 Å². The van der Waals surface area contributed by atoms with E-state index in [0.29, 0.717) is 5.02 Å². The average molecular weight is 230 g/mol. The van der Waals surface area contributed by atoms with Gasteiger partial charge < -0.3 is 5.32 Å². The van der Waals surface area contributed by atoms with E-state index in [1.165, 1.54) is 18.6 Å². The molecule has 0 bridgehead atoms. The number of benzene rings is 1. The lowest BCUT2D eigenvalue weighted by atomic mass is 10.1. The monoisotopic (exact) mass is 229 g/mol. The summed E-state index contributed by atoms with van der Waals surface area (Å²) in [5, 5.41) is 3.64. The molecule has 1 aromatic carbocycles. The zero-order valence-electron chi connectivity index (χ0n) is 9.19. The second-order valence-electron chi connectivity index (χ2n) is 4.09. The van der Waals surface area contributed by atoms with E-state index in [2.05, 4.69) is 19.2 Å². The summed E-state index contributed by atoms with van der Waals surface area (Å²) in [4.78, 5) is 0. The fourth-order valence-electron chi connectivity index (χ4n) is 1.37. The predicted octanol–water partition coefficient (Wildman–Crippen LogP) is 4.33. The molecule has 0 saturated carbocycles. The third kappa shape index (κ3) is 4.52. The third-order valence-corrected chi connectivity index (χ3v) is 2.52. The van der Waals surface area contributed by atoms with Crippen LogP contribution in [-0.2, 0) is 0 Å². The molecule has 0 aliphatic rings. The van der Waals surface area contributed by atoms with Crippen molar-refractivity contribution >= 4 is 17.3 Å². The minimum atomic E-state index is -0.298. The molecule has 1 rings (SSSR count). The molecule has 0 aliphatic heterocycles. The van der Waals surface area contributed by atoms with Crippen molar-refractivity contribution in [2.24, 2.45) is 5.92 Å². The van der Waals surface area contributed by atoms with Crippen LogP contribution in [0.15, 0.2) is 18.2 Å². The van der Waals surface area contributed by atoms with Crippen molar-refractivity contribution in [3.8, 4) is 0 Å². The van der Waals surface area contributed by atoms with Crippen molar-refractivity contribution in [1.29, 1.82) is 0 Å². The minimum Gasteiger partial charge on any atom is -0.384 e. The molecule has 15 heavy (non-hydrogen) atoms. The van der Waals surface area contributed by atoms with Gasteiger partial charge in [0.1, 0.15) is 5.82 Å². The lowest BCUT2D eigenvalue weighted by molar-refractivity contribution is 0.567. The van der Waals surface area contributed by atoms with Crippen LogP contribution in [0.4, 0.5) is 10.1 Å². The fraction of sp³-hybridized carbons (Fsp3) is 0.500. The SMILES string of the molecule is CC(C)CCCNc1ccc(F)cc1Cl. The Morgan fingerprint density at radius 1 is 1.40 bits per heavy atom. The maximum Gasteiger partial charge on any atom is 0.124 e. The van der Waals surface area contributed by atoms with Crippen molar-refractivity contribution in [3.63, 3.8) is 0 Å². The Kier molecular flexibility index (Phi) is 4.89. The van der Waals surface area contributed by atoms with Crippen molar-refractivity contribution in [1.82, 2.24) is 0 Å². The summed E-state index contributed by atoms with van der Waals surface area (Å²) in [7, 11) is 0. The summed E-state index contributed by atoms with van der Waals surface area (Å²) in [6.07, 6.45) is 2.29. The number of nitrogens with one attached hydrogen (secondary N) is 1. The van der Waals surface area contributed by atoms with Gasteiger partial charge in [-0.3, -0.25) is 0 Å². The highest BCUT2D eigenvalue weighted by molar-refractivity contribution is 6.33. The lowest BCUT2D eigenvalue weighted by Gasteiger charge is -2.09. The number of anilines is 1. The molecule has 0 heterocycles. The summed E-state index contributed by atoms with van der Waals surface area (Å²) in [5.74, 6) is 0.420. The largest absolute Gasteiger partial charge is 0.384 e. The van der Waals surface area contributed by atoms with Crippen LogP contribution in [0.3, 0.4) is 0 Å². The van der Waals surface area contributed by atoms with Crippen molar-refractivity contribution in [3.05, 3.63) is 29.0 Å². The van der Waals surface area contributed by atoms with Gasteiger partial charge in [-0.2, -0.15) is 0 Å². The van der Waals surface area contributed by atoms with Crippen LogP contribution in [0, 0.1) is 11.7 Å². The first-order valence-corrected chi connectivity index (χ1v) is 5.66. The first kappa shape index (κ1) is 12.3. The Morgan fingerprint density at radius 2 is 2.13 bits per heavy atom. The van der Waals surface area contributed by atoms with E-state index in [1.54, 1.807) is 6.07 Å². The molecule has 3 heteroatoms. The zero-order chi connectivity index (χ0) is 11.3. The predicted molar refractivity (Wildman–Crippen MR) is 64.0 cm³/mol. The Balaban J connectivity index is 2.37. The summed E-state index contributed by atoms with van der Waals surface area (Å²) >= 11 is 5.87. The smallest absolute Gasteiger partial charge is 0.124 e. The second kappa shape index (κ2) is 5.96. The van der Waals surface area contributed by atoms with E-state index in [0.717, 1.165) is 24.6 Å². The van der Waals surface area contributed by atoms with Gasteiger partial charge in [0.05, 0.1) is 10.7 Å². The van der Waals surface area contributed by atoms with Gasteiger partial charge in [-0.05, 0) is 37.0 Å². The maximum atomic E-state index is 12.7. The van der Waals surface area contributed by atoms with E-state index in [9.17, 15) is 4.39 Å². The van der Waals surface area contributed by atoms with Gasteiger partial charge in [0.2, 0.25) is 0 Å². The quantitative estimate of drug-likeness (QED) is 0.742. The molecule has 0 fully saturated rings. The Morgan fingerprint density at radius 3 is 2.73 bits per heavy atom. The molecule has 0 atom stereocenters. The highest BCUT2D eigenvalue weighted by Gasteiger charge is 2.01. The molecule has 0 aliphatic carbocycles. The van der Waals surface area contributed by atoms with Gasteiger partial charge in [0.15, 0.2) is 0 Å². The lowest BCUT2D eigenvalue weighted by Crippen LogP contribution is -2.03. The molecule has 0 unspecified atom stereocenters. The van der Waals surface area contributed by atoms with Gasteiger partial charge >= 0.3 is 0 Å². The normalized spacial score (nSPS) is 10.7. The summed E-state index contributed by atoms with van der Waals surface area (Å²) in [6.45, 7) is 5.28. The molecule has 0 saturated heterocycles. The van der Waals surface area contributed by atoms with Gasteiger partial charge in [-0.25, -0.2) is 4.39 Å². The highest BCUT2D eigenvalue weighted by atomic mass is 35.5.